The van der Waals surface area contributed by atoms with E-state index in [1.165, 1.54) is 6.42 Å². The highest BCUT2D eigenvalue weighted by Gasteiger charge is 2.55. The van der Waals surface area contributed by atoms with Gasteiger partial charge >= 0.3 is 0 Å². The van der Waals surface area contributed by atoms with E-state index in [1.54, 1.807) is 0 Å². The van der Waals surface area contributed by atoms with Crippen LogP contribution in [0.3, 0.4) is 0 Å². The standard InChI is InChI=1S/C22H42N2O2S/c1-15(2)18-11-12-20(17(4)13-18)27(25,26)24-21-16(3)9-8-10-19(21)23(7)14-22(24,5)6/h15-21H,8-14H2,1-7H3. The molecular weight excluding hydrogens is 356 g/mol. The van der Waals surface area contributed by atoms with Crippen LogP contribution in [0.25, 0.3) is 0 Å². The summed E-state index contributed by atoms with van der Waals surface area (Å²) >= 11 is 0. The number of fused-ring (bicyclic) bond motifs is 1. The highest BCUT2D eigenvalue weighted by atomic mass is 32.2. The Kier molecular flexibility index (Phi) is 6.08. The summed E-state index contributed by atoms with van der Waals surface area (Å²) in [6.07, 6.45) is 6.44. The van der Waals surface area contributed by atoms with Crippen LogP contribution in [-0.4, -0.2) is 54.1 Å². The number of likely N-dealkylation sites (N-methyl/N-ethyl adjacent to an activating group) is 1. The molecule has 3 fully saturated rings. The van der Waals surface area contributed by atoms with Gasteiger partial charge in [0.15, 0.2) is 0 Å². The first kappa shape index (κ1) is 21.6. The molecule has 27 heavy (non-hydrogen) atoms. The first-order valence-corrected chi connectivity index (χ1v) is 12.7. The molecule has 0 spiro atoms. The monoisotopic (exact) mass is 398 g/mol. The van der Waals surface area contributed by atoms with Gasteiger partial charge in [0, 0.05) is 24.2 Å². The Morgan fingerprint density at radius 2 is 1.67 bits per heavy atom. The molecule has 0 radical (unpaired) electrons. The quantitative estimate of drug-likeness (QED) is 0.709. The summed E-state index contributed by atoms with van der Waals surface area (Å²) in [6.45, 7) is 14.1. The maximum absolute atomic E-state index is 14.1. The third-order valence-electron chi connectivity index (χ3n) is 7.94. The van der Waals surface area contributed by atoms with E-state index in [1.807, 2.05) is 4.31 Å². The van der Waals surface area contributed by atoms with Gasteiger partial charge in [-0.25, -0.2) is 8.42 Å². The number of piperazine rings is 1. The van der Waals surface area contributed by atoms with Crippen LogP contribution in [0.4, 0.5) is 0 Å². The van der Waals surface area contributed by atoms with Crippen molar-refractivity contribution in [3.05, 3.63) is 0 Å². The molecule has 3 rings (SSSR count). The van der Waals surface area contributed by atoms with Gasteiger partial charge in [-0.3, -0.25) is 4.90 Å². The van der Waals surface area contributed by atoms with Crippen LogP contribution >= 0.6 is 0 Å². The van der Waals surface area contributed by atoms with Gasteiger partial charge in [0.2, 0.25) is 10.0 Å². The lowest BCUT2D eigenvalue weighted by Gasteiger charge is -2.58. The van der Waals surface area contributed by atoms with Gasteiger partial charge in [0.05, 0.1) is 5.25 Å². The van der Waals surface area contributed by atoms with Crippen molar-refractivity contribution in [3.63, 3.8) is 0 Å². The summed E-state index contributed by atoms with van der Waals surface area (Å²) in [5.41, 5.74) is -0.338. The molecule has 6 unspecified atom stereocenters. The lowest BCUT2D eigenvalue weighted by Crippen LogP contribution is -2.72. The molecule has 3 aliphatic rings. The van der Waals surface area contributed by atoms with E-state index in [0.717, 1.165) is 38.6 Å². The van der Waals surface area contributed by atoms with Crippen LogP contribution in [0.1, 0.15) is 80.1 Å². The SMILES string of the molecule is CC(C)C1CCC(S(=O)(=O)N2C3C(C)CCCC3N(C)CC2(C)C)C(C)C1. The summed E-state index contributed by atoms with van der Waals surface area (Å²) in [5.74, 6) is 2.01. The van der Waals surface area contributed by atoms with Crippen molar-refractivity contribution >= 4 is 10.0 Å². The molecule has 4 nitrogen and oxygen atoms in total. The van der Waals surface area contributed by atoms with Crippen molar-refractivity contribution in [1.82, 2.24) is 9.21 Å². The minimum Gasteiger partial charge on any atom is -0.300 e. The average molecular weight is 399 g/mol. The molecule has 0 aromatic heterocycles. The van der Waals surface area contributed by atoms with Crippen LogP contribution in [0.15, 0.2) is 0 Å². The Balaban J connectivity index is 1.93. The van der Waals surface area contributed by atoms with Crippen LogP contribution in [0.5, 0.6) is 0 Å². The molecule has 5 heteroatoms. The normalized spacial score (nSPS) is 41.5. The van der Waals surface area contributed by atoms with E-state index in [-0.39, 0.29) is 22.7 Å². The van der Waals surface area contributed by atoms with E-state index in [4.69, 9.17) is 0 Å². The van der Waals surface area contributed by atoms with Gasteiger partial charge in [0.25, 0.3) is 0 Å². The zero-order chi connectivity index (χ0) is 20.1. The highest BCUT2D eigenvalue weighted by Crippen LogP contribution is 2.45. The van der Waals surface area contributed by atoms with Crippen LogP contribution in [-0.2, 0) is 10.0 Å². The second-order valence-corrected chi connectivity index (χ2v) is 12.9. The maximum atomic E-state index is 14.1. The first-order valence-electron chi connectivity index (χ1n) is 11.2. The zero-order valence-electron chi connectivity index (χ0n) is 18.6. The van der Waals surface area contributed by atoms with Crippen LogP contribution in [0, 0.1) is 23.7 Å². The third-order valence-corrected chi connectivity index (χ3v) is 10.7. The summed E-state index contributed by atoms with van der Waals surface area (Å²) in [7, 11) is -1.12. The van der Waals surface area contributed by atoms with E-state index in [0.29, 0.717) is 23.8 Å². The fourth-order valence-electron chi connectivity index (χ4n) is 6.56. The predicted molar refractivity (Wildman–Crippen MR) is 113 cm³/mol. The fourth-order valence-corrected chi connectivity index (χ4v) is 9.42. The smallest absolute Gasteiger partial charge is 0.218 e. The Bertz CT molecular complexity index is 630. The number of hydrogen-bond acceptors (Lipinski definition) is 3. The van der Waals surface area contributed by atoms with Crippen molar-refractivity contribution in [3.8, 4) is 0 Å². The Morgan fingerprint density at radius 3 is 2.26 bits per heavy atom. The topological polar surface area (TPSA) is 40.6 Å². The zero-order valence-corrected chi connectivity index (χ0v) is 19.4. The lowest BCUT2D eigenvalue weighted by molar-refractivity contribution is -0.0384. The molecule has 0 N–H and O–H groups in total. The Morgan fingerprint density at radius 1 is 1.00 bits per heavy atom. The molecule has 6 atom stereocenters. The fraction of sp³-hybridized carbons (Fsp3) is 1.00. The molecule has 158 valence electrons. The first-order chi connectivity index (χ1) is 12.5. The van der Waals surface area contributed by atoms with Gasteiger partial charge in [-0.15, -0.1) is 0 Å². The van der Waals surface area contributed by atoms with Gasteiger partial charge in [-0.2, -0.15) is 4.31 Å². The molecule has 0 bridgehead atoms. The largest absolute Gasteiger partial charge is 0.300 e. The minimum atomic E-state index is -3.31. The number of rotatable bonds is 3. The molecule has 0 amide bonds. The van der Waals surface area contributed by atoms with Crippen LogP contribution in [0.2, 0.25) is 0 Å². The average Bonchev–Trinajstić information content (AvgIpc) is 2.54. The van der Waals surface area contributed by atoms with Crippen molar-refractivity contribution in [2.75, 3.05) is 13.6 Å². The van der Waals surface area contributed by atoms with E-state index in [9.17, 15) is 8.42 Å². The molecule has 2 aliphatic carbocycles. The van der Waals surface area contributed by atoms with Crippen LogP contribution < -0.4 is 0 Å². The van der Waals surface area contributed by atoms with Crippen molar-refractivity contribution in [2.24, 2.45) is 23.7 Å². The lowest BCUT2D eigenvalue weighted by atomic mass is 9.76. The second kappa shape index (κ2) is 7.60. The number of sulfonamides is 1. The maximum Gasteiger partial charge on any atom is 0.218 e. The molecule has 1 saturated heterocycles. The Hall–Kier alpha value is -0.130. The van der Waals surface area contributed by atoms with E-state index < -0.39 is 10.0 Å². The summed E-state index contributed by atoms with van der Waals surface area (Å²) in [4.78, 5) is 2.44. The minimum absolute atomic E-state index is 0.132. The molecule has 2 saturated carbocycles. The van der Waals surface area contributed by atoms with Gasteiger partial charge in [0.1, 0.15) is 0 Å². The van der Waals surface area contributed by atoms with Crippen molar-refractivity contribution < 1.29 is 8.42 Å². The molecule has 0 aromatic rings. The summed E-state index contributed by atoms with van der Waals surface area (Å²) < 4.78 is 30.1. The van der Waals surface area contributed by atoms with Gasteiger partial charge in [-0.05, 0) is 76.7 Å². The predicted octanol–water partition coefficient (Wildman–Crippen LogP) is 4.36. The molecule has 1 heterocycles. The summed E-state index contributed by atoms with van der Waals surface area (Å²) in [5, 5.41) is -0.204. The number of hydrogen-bond donors (Lipinski definition) is 0. The van der Waals surface area contributed by atoms with Crippen molar-refractivity contribution in [2.45, 2.75) is 103 Å². The highest BCUT2D eigenvalue weighted by molar-refractivity contribution is 7.89. The summed E-state index contributed by atoms with van der Waals surface area (Å²) in [6, 6.07) is 0.506. The van der Waals surface area contributed by atoms with E-state index >= 15 is 0 Å². The molecular formula is C22H42N2O2S. The number of nitrogens with zero attached hydrogens (tertiary/aromatic N) is 2. The van der Waals surface area contributed by atoms with Gasteiger partial charge < -0.3 is 0 Å². The molecule has 0 aromatic carbocycles. The van der Waals surface area contributed by atoms with E-state index in [2.05, 4.69) is 53.5 Å². The molecule has 1 aliphatic heterocycles. The third kappa shape index (κ3) is 3.85. The van der Waals surface area contributed by atoms with Crippen molar-refractivity contribution in [1.29, 1.82) is 0 Å². The van der Waals surface area contributed by atoms with Gasteiger partial charge in [-0.1, -0.05) is 34.1 Å². The second-order valence-electron chi connectivity index (χ2n) is 10.9. The Labute approximate surface area is 168 Å².